The average molecular weight is 363 g/mol. The second-order valence-electron chi connectivity index (χ2n) is 7.10. The Morgan fingerprint density at radius 3 is 2.48 bits per heavy atom. The van der Waals surface area contributed by atoms with E-state index < -0.39 is 0 Å². The van der Waals surface area contributed by atoms with E-state index in [0.29, 0.717) is 22.2 Å². The highest BCUT2D eigenvalue weighted by Crippen LogP contribution is 2.33. The topological polar surface area (TPSA) is 45.2 Å². The number of aryl methyl sites for hydroxylation is 2. The van der Waals surface area contributed by atoms with Crippen LogP contribution in [0.5, 0.6) is 0 Å². The van der Waals surface area contributed by atoms with Crippen molar-refractivity contribution in [2.24, 2.45) is 0 Å². The molecular formula is C22H22FN3O. The maximum absolute atomic E-state index is 14.0. The summed E-state index contributed by atoms with van der Waals surface area (Å²) in [5, 5.41) is 4.04. The van der Waals surface area contributed by atoms with Gasteiger partial charge in [0.2, 0.25) is 0 Å². The van der Waals surface area contributed by atoms with Crippen LogP contribution in [-0.2, 0) is 0 Å². The van der Waals surface area contributed by atoms with E-state index in [1.807, 2.05) is 36.9 Å². The first kappa shape index (κ1) is 17.5. The zero-order valence-electron chi connectivity index (χ0n) is 15.6. The van der Waals surface area contributed by atoms with Crippen molar-refractivity contribution in [3.8, 4) is 0 Å². The number of para-hydroxylation sites is 1. The van der Waals surface area contributed by atoms with E-state index in [0.717, 1.165) is 42.7 Å². The quantitative estimate of drug-likeness (QED) is 0.714. The predicted molar refractivity (Wildman–Crippen MR) is 106 cm³/mol. The number of hydrogen-bond acceptors (Lipinski definition) is 3. The number of likely N-dealkylation sites (tertiary alicyclic amines) is 1. The highest BCUT2D eigenvalue weighted by molar-refractivity contribution is 6.08. The molecular weight excluding hydrogens is 341 g/mol. The second-order valence-corrected chi connectivity index (χ2v) is 7.10. The molecule has 2 aromatic carbocycles. The normalized spacial score (nSPS) is 14.0. The third-order valence-electron chi connectivity index (χ3n) is 5.18. The van der Waals surface area contributed by atoms with Crippen LogP contribution in [-0.4, -0.2) is 28.9 Å². The Morgan fingerprint density at radius 2 is 1.78 bits per heavy atom. The Morgan fingerprint density at radius 1 is 1.07 bits per heavy atom. The zero-order chi connectivity index (χ0) is 19.0. The predicted octanol–water partition coefficient (Wildman–Crippen LogP) is 4.97. The average Bonchev–Trinajstić information content (AvgIpc) is 3.19. The van der Waals surface area contributed by atoms with Gasteiger partial charge in [0.05, 0.1) is 16.8 Å². The van der Waals surface area contributed by atoms with Crippen molar-refractivity contribution in [1.82, 2.24) is 9.88 Å². The fraction of sp³-hybridized carbons (Fsp3) is 0.273. The first-order valence-electron chi connectivity index (χ1n) is 9.25. The highest BCUT2D eigenvalue weighted by atomic mass is 19.1. The van der Waals surface area contributed by atoms with E-state index in [2.05, 4.69) is 10.3 Å². The summed E-state index contributed by atoms with van der Waals surface area (Å²) >= 11 is 0. The number of carbonyl (C=O) groups is 1. The molecule has 1 aliphatic heterocycles. The van der Waals surface area contributed by atoms with Crippen LogP contribution in [0.15, 0.2) is 42.6 Å². The number of hydrogen-bond donors (Lipinski definition) is 1. The number of anilines is 2. The summed E-state index contributed by atoms with van der Waals surface area (Å²) in [6.45, 7) is 5.54. The second kappa shape index (κ2) is 6.99. The lowest BCUT2D eigenvalue weighted by Gasteiger charge is -2.21. The molecule has 1 aliphatic rings. The molecule has 0 spiro atoms. The van der Waals surface area contributed by atoms with Crippen molar-refractivity contribution in [1.29, 1.82) is 0 Å². The summed E-state index contributed by atoms with van der Waals surface area (Å²) in [4.78, 5) is 19.4. The number of fused-ring (bicyclic) bond motifs is 1. The van der Waals surface area contributed by atoms with Crippen LogP contribution in [0.1, 0.15) is 34.3 Å². The molecule has 1 amide bonds. The first-order valence-corrected chi connectivity index (χ1v) is 9.25. The van der Waals surface area contributed by atoms with Crippen LogP contribution >= 0.6 is 0 Å². The van der Waals surface area contributed by atoms with Gasteiger partial charge in [-0.2, -0.15) is 0 Å². The first-order chi connectivity index (χ1) is 13.0. The molecule has 2 heterocycles. The minimum atomic E-state index is -0.348. The summed E-state index contributed by atoms with van der Waals surface area (Å²) in [6, 6.07) is 10.5. The molecule has 4 rings (SSSR count). The molecule has 1 fully saturated rings. The molecule has 0 aliphatic carbocycles. The Labute approximate surface area is 158 Å². The summed E-state index contributed by atoms with van der Waals surface area (Å²) in [7, 11) is 0. The van der Waals surface area contributed by atoms with E-state index >= 15 is 0 Å². The summed E-state index contributed by atoms with van der Waals surface area (Å²) in [5.41, 5.74) is 4.83. The molecule has 1 aromatic heterocycles. The molecule has 27 heavy (non-hydrogen) atoms. The number of rotatable bonds is 3. The van der Waals surface area contributed by atoms with E-state index in [4.69, 9.17) is 0 Å². The van der Waals surface area contributed by atoms with Gasteiger partial charge in [0.25, 0.3) is 5.91 Å². The Bertz CT molecular complexity index is 1010. The van der Waals surface area contributed by atoms with E-state index in [9.17, 15) is 9.18 Å². The van der Waals surface area contributed by atoms with E-state index in [1.54, 1.807) is 12.3 Å². The van der Waals surface area contributed by atoms with Gasteiger partial charge in [0.1, 0.15) is 5.82 Å². The monoisotopic (exact) mass is 363 g/mol. The number of carbonyl (C=O) groups excluding carboxylic acids is 1. The van der Waals surface area contributed by atoms with Crippen molar-refractivity contribution < 1.29 is 9.18 Å². The smallest absolute Gasteiger partial charge is 0.257 e. The van der Waals surface area contributed by atoms with Gasteiger partial charge in [-0.05, 0) is 56.0 Å². The molecule has 4 nitrogen and oxygen atoms in total. The minimum Gasteiger partial charge on any atom is -0.354 e. The molecule has 0 unspecified atom stereocenters. The third kappa shape index (κ3) is 3.25. The fourth-order valence-corrected chi connectivity index (χ4v) is 3.69. The number of nitrogens with one attached hydrogen (secondary N) is 1. The van der Waals surface area contributed by atoms with Crippen LogP contribution < -0.4 is 5.32 Å². The molecule has 5 heteroatoms. The molecule has 0 radical (unpaired) electrons. The maximum Gasteiger partial charge on any atom is 0.257 e. The van der Waals surface area contributed by atoms with Crippen LogP contribution in [0.25, 0.3) is 10.9 Å². The van der Waals surface area contributed by atoms with Crippen LogP contribution in [0, 0.1) is 19.7 Å². The highest BCUT2D eigenvalue weighted by Gasteiger charge is 2.24. The molecule has 1 saturated heterocycles. The Balaban J connectivity index is 1.90. The minimum absolute atomic E-state index is 0.0556. The largest absolute Gasteiger partial charge is 0.354 e. The van der Waals surface area contributed by atoms with Gasteiger partial charge < -0.3 is 10.2 Å². The van der Waals surface area contributed by atoms with Gasteiger partial charge in [-0.25, -0.2) is 4.39 Å². The lowest BCUT2D eigenvalue weighted by atomic mass is 10.0. The van der Waals surface area contributed by atoms with Crippen LogP contribution in [0.3, 0.4) is 0 Å². The summed E-state index contributed by atoms with van der Waals surface area (Å²) < 4.78 is 14.0. The molecule has 1 N–H and O–H groups in total. The molecule has 0 bridgehead atoms. The lowest BCUT2D eigenvalue weighted by molar-refractivity contribution is 0.0793. The van der Waals surface area contributed by atoms with Gasteiger partial charge >= 0.3 is 0 Å². The van der Waals surface area contributed by atoms with Crippen molar-refractivity contribution >= 4 is 28.2 Å². The number of aromatic nitrogens is 1. The number of halogens is 1. The SMILES string of the molecule is Cc1cccc(C)c1Nc1c(C(=O)N2CCCC2)cnc2ccc(F)cc12. The van der Waals surface area contributed by atoms with Crippen LogP contribution in [0.2, 0.25) is 0 Å². The van der Waals surface area contributed by atoms with Crippen molar-refractivity contribution in [3.05, 3.63) is 65.1 Å². The van der Waals surface area contributed by atoms with Gasteiger partial charge in [-0.3, -0.25) is 9.78 Å². The Hall–Kier alpha value is -2.95. The third-order valence-corrected chi connectivity index (χ3v) is 5.18. The van der Waals surface area contributed by atoms with Crippen molar-refractivity contribution in [2.45, 2.75) is 26.7 Å². The van der Waals surface area contributed by atoms with E-state index in [-0.39, 0.29) is 11.7 Å². The van der Waals surface area contributed by atoms with Gasteiger partial charge in [-0.1, -0.05) is 18.2 Å². The van der Waals surface area contributed by atoms with Crippen LogP contribution in [0.4, 0.5) is 15.8 Å². The molecule has 0 saturated carbocycles. The number of amides is 1. The molecule has 138 valence electrons. The van der Waals surface area contributed by atoms with Crippen molar-refractivity contribution in [2.75, 3.05) is 18.4 Å². The van der Waals surface area contributed by atoms with Crippen molar-refractivity contribution in [3.63, 3.8) is 0 Å². The summed E-state index contributed by atoms with van der Waals surface area (Å²) in [5.74, 6) is -0.403. The number of benzene rings is 2. The number of pyridine rings is 1. The van der Waals surface area contributed by atoms with Gasteiger partial charge in [-0.15, -0.1) is 0 Å². The number of nitrogens with zero attached hydrogens (tertiary/aromatic N) is 2. The van der Waals surface area contributed by atoms with Gasteiger partial charge in [0, 0.05) is 30.4 Å². The standard InChI is InChI=1S/C22H22FN3O/c1-14-6-5-7-15(2)20(14)25-21-17-12-16(23)8-9-19(17)24-13-18(21)22(27)26-10-3-4-11-26/h5-9,12-13H,3-4,10-11H2,1-2H3,(H,24,25). The van der Waals surface area contributed by atoms with Gasteiger partial charge in [0.15, 0.2) is 0 Å². The zero-order valence-corrected chi connectivity index (χ0v) is 15.6. The molecule has 3 aromatic rings. The Kier molecular flexibility index (Phi) is 4.52. The fourth-order valence-electron chi connectivity index (χ4n) is 3.69. The maximum atomic E-state index is 14.0. The summed E-state index contributed by atoms with van der Waals surface area (Å²) in [6.07, 6.45) is 3.64. The van der Waals surface area contributed by atoms with E-state index in [1.165, 1.54) is 12.1 Å². The lowest BCUT2D eigenvalue weighted by Crippen LogP contribution is -2.28. The molecule has 0 atom stereocenters.